The predicted octanol–water partition coefficient (Wildman–Crippen LogP) is 5.97. The number of rotatable bonds is 3. The van der Waals surface area contributed by atoms with Crippen molar-refractivity contribution in [2.24, 2.45) is 5.92 Å². The summed E-state index contributed by atoms with van der Waals surface area (Å²) < 4.78 is 76.7. The molecule has 0 aliphatic heterocycles. The Morgan fingerprint density at radius 2 is 1.41 bits per heavy atom. The van der Waals surface area contributed by atoms with E-state index >= 15 is 0 Å². The molecule has 0 radical (unpaired) electrons. The van der Waals surface area contributed by atoms with Crippen molar-refractivity contribution in [3.63, 3.8) is 0 Å². The molecule has 1 fully saturated rings. The lowest BCUT2D eigenvalue weighted by molar-refractivity contribution is -0.248. The summed E-state index contributed by atoms with van der Waals surface area (Å²) in [7, 11) is 0. The van der Waals surface area contributed by atoms with Crippen LogP contribution in [0.3, 0.4) is 0 Å². The Labute approximate surface area is 125 Å². The van der Waals surface area contributed by atoms with Gasteiger partial charge >= 0.3 is 12.1 Å². The molecule has 0 bridgehead atoms. The molecule has 22 heavy (non-hydrogen) atoms. The Kier molecular flexibility index (Phi) is 4.78. The summed E-state index contributed by atoms with van der Waals surface area (Å²) in [4.78, 5) is 0. The van der Waals surface area contributed by atoms with Crippen LogP contribution in [0, 0.1) is 5.92 Å². The Bertz CT molecular complexity index is 482. The molecule has 1 saturated carbocycles. The van der Waals surface area contributed by atoms with E-state index in [4.69, 9.17) is 0 Å². The Balaban J connectivity index is 2.14. The maximum atomic E-state index is 13.6. The van der Waals surface area contributed by atoms with Gasteiger partial charge in [0.25, 0.3) is 6.17 Å². The molecule has 1 atom stereocenters. The minimum atomic E-state index is -5.58. The molecule has 1 aliphatic carbocycles. The third kappa shape index (κ3) is 3.58. The molecule has 1 unspecified atom stereocenters. The predicted molar refractivity (Wildman–Crippen MR) is 71.7 cm³/mol. The molecule has 0 heterocycles. The Morgan fingerprint density at radius 3 is 1.86 bits per heavy atom. The molecule has 124 valence electrons. The summed E-state index contributed by atoms with van der Waals surface area (Å²) in [5, 5.41) is 0. The van der Waals surface area contributed by atoms with Gasteiger partial charge < -0.3 is 0 Å². The summed E-state index contributed by atoms with van der Waals surface area (Å²) in [5.41, 5.74) is -0.112. The molecule has 0 spiro atoms. The summed E-state index contributed by atoms with van der Waals surface area (Å²) >= 11 is 0. The molecular weight excluding hydrogens is 306 g/mol. The Morgan fingerprint density at radius 1 is 0.909 bits per heavy atom. The van der Waals surface area contributed by atoms with Crippen LogP contribution in [0.15, 0.2) is 24.3 Å². The van der Waals surface area contributed by atoms with Gasteiger partial charge in [0.15, 0.2) is 0 Å². The van der Waals surface area contributed by atoms with Crippen molar-refractivity contribution in [2.45, 2.75) is 56.8 Å². The van der Waals surface area contributed by atoms with Crippen LogP contribution in [-0.4, -0.2) is 12.3 Å². The highest BCUT2D eigenvalue weighted by Gasteiger charge is 2.57. The maximum Gasteiger partial charge on any atom is 0.426 e. The summed E-state index contributed by atoms with van der Waals surface area (Å²) in [5.74, 6) is -3.70. The SMILES string of the molecule is CC1CCC(c2ccc(C(F)(F)C(F)C(F)(F)F)cc2)CC1. The number of alkyl halides is 6. The topological polar surface area (TPSA) is 0 Å². The molecule has 1 aliphatic rings. The third-order valence-corrected chi connectivity index (χ3v) is 4.39. The van der Waals surface area contributed by atoms with Crippen molar-refractivity contribution in [1.82, 2.24) is 0 Å². The largest absolute Gasteiger partial charge is 0.426 e. The standard InChI is InChI=1S/C16H18F6/c1-10-2-4-11(5-3-10)12-6-8-13(9-7-12)15(18,19)14(17)16(20,21)22/h6-11,14H,2-5H2,1H3. The Hall–Kier alpha value is -1.20. The van der Waals surface area contributed by atoms with E-state index in [0.717, 1.165) is 43.4 Å². The molecular formula is C16H18F6. The van der Waals surface area contributed by atoms with E-state index in [1.165, 1.54) is 12.1 Å². The van der Waals surface area contributed by atoms with Crippen LogP contribution in [0.2, 0.25) is 0 Å². The van der Waals surface area contributed by atoms with Crippen LogP contribution in [0.25, 0.3) is 0 Å². The van der Waals surface area contributed by atoms with E-state index in [1.54, 1.807) is 0 Å². The van der Waals surface area contributed by atoms with E-state index in [9.17, 15) is 26.3 Å². The van der Waals surface area contributed by atoms with Crippen LogP contribution in [0.4, 0.5) is 26.3 Å². The van der Waals surface area contributed by atoms with E-state index in [1.807, 2.05) is 0 Å². The quantitative estimate of drug-likeness (QED) is 0.601. The molecule has 0 N–H and O–H groups in total. The molecule has 0 amide bonds. The van der Waals surface area contributed by atoms with Crippen LogP contribution < -0.4 is 0 Å². The lowest BCUT2D eigenvalue weighted by Crippen LogP contribution is -2.39. The zero-order valence-corrected chi connectivity index (χ0v) is 12.1. The van der Waals surface area contributed by atoms with Gasteiger partial charge in [0.1, 0.15) is 0 Å². The van der Waals surface area contributed by atoms with Gasteiger partial charge in [-0.3, -0.25) is 0 Å². The van der Waals surface area contributed by atoms with Crippen molar-refractivity contribution >= 4 is 0 Å². The van der Waals surface area contributed by atoms with Gasteiger partial charge in [-0.1, -0.05) is 44.0 Å². The fourth-order valence-electron chi connectivity index (χ4n) is 2.92. The minimum absolute atomic E-state index is 0.239. The normalized spacial score (nSPS) is 25.0. The average Bonchev–Trinajstić information content (AvgIpc) is 2.46. The van der Waals surface area contributed by atoms with Crippen molar-refractivity contribution < 1.29 is 26.3 Å². The number of benzene rings is 1. The first-order valence-corrected chi connectivity index (χ1v) is 7.31. The van der Waals surface area contributed by atoms with Gasteiger partial charge in [0.05, 0.1) is 0 Å². The minimum Gasteiger partial charge on any atom is -0.230 e. The fourth-order valence-corrected chi connectivity index (χ4v) is 2.92. The lowest BCUT2D eigenvalue weighted by Gasteiger charge is -2.27. The molecule has 0 saturated heterocycles. The van der Waals surface area contributed by atoms with Crippen molar-refractivity contribution in [3.05, 3.63) is 35.4 Å². The van der Waals surface area contributed by atoms with Crippen molar-refractivity contribution in [1.29, 1.82) is 0 Å². The van der Waals surface area contributed by atoms with Gasteiger partial charge in [-0.15, -0.1) is 0 Å². The summed E-state index contributed by atoms with van der Waals surface area (Å²) in [6.45, 7) is 2.15. The molecule has 6 heteroatoms. The van der Waals surface area contributed by atoms with E-state index < -0.39 is 23.8 Å². The number of halogens is 6. The van der Waals surface area contributed by atoms with Crippen LogP contribution in [-0.2, 0) is 5.92 Å². The zero-order chi connectivity index (χ0) is 16.5. The highest BCUT2D eigenvalue weighted by atomic mass is 19.4. The van der Waals surface area contributed by atoms with Crippen LogP contribution in [0.5, 0.6) is 0 Å². The zero-order valence-electron chi connectivity index (χ0n) is 12.1. The van der Waals surface area contributed by atoms with Crippen molar-refractivity contribution in [3.8, 4) is 0 Å². The summed E-state index contributed by atoms with van der Waals surface area (Å²) in [6, 6.07) is 4.61. The van der Waals surface area contributed by atoms with E-state index in [2.05, 4.69) is 6.92 Å². The lowest BCUT2D eigenvalue weighted by atomic mass is 9.79. The molecule has 1 aromatic rings. The molecule has 0 nitrogen and oxygen atoms in total. The smallest absolute Gasteiger partial charge is 0.230 e. The second kappa shape index (κ2) is 6.13. The fraction of sp³-hybridized carbons (Fsp3) is 0.625. The molecule has 2 rings (SSSR count). The van der Waals surface area contributed by atoms with Gasteiger partial charge in [-0.05, 0) is 30.2 Å². The molecule has 1 aromatic carbocycles. The number of hydrogen-bond acceptors (Lipinski definition) is 0. The second-order valence-electron chi connectivity index (χ2n) is 6.11. The van der Waals surface area contributed by atoms with Gasteiger partial charge in [-0.25, -0.2) is 4.39 Å². The highest BCUT2D eigenvalue weighted by Crippen LogP contribution is 2.42. The monoisotopic (exact) mass is 324 g/mol. The highest BCUT2D eigenvalue weighted by molar-refractivity contribution is 5.29. The van der Waals surface area contributed by atoms with Crippen LogP contribution >= 0.6 is 0 Å². The first-order chi connectivity index (χ1) is 10.1. The first-order valence-electron chi connectivity index (χ1n) is 7.31. The van der Waals surface area contributed by atoms with Crippen molar-refractivity contribution in [2.75, 3.05) is 0 Å². The maximum absolute atomic E-state index is 13.6. The third-order valence-electron chi connectivity index (χ3n) is 4.39. The summed E-state index contributed by atoms with van der Waals surface area (Å²) in [6.07, 6.45) is -5.81. The van der Waals surface area contributed by atoms with E-state index in [-0.39, 0.29) is 5.92 Å². The van der Waals surface area contributed by atoms with Gasteiger partial charge in [-0.2, -0.15) is 22.0 Å². The molecule has 0 aromatic heterocycles. The first kappa shape index (κ1) is 17.2. The van der Waals surface area contributed by atoms with Gasteiger partial charge in [0.2, 0.25) is 0 Å². The second-order valence-corrected chi connectivity index (χ2v) is 6.11. The van der Waals surface area contributed by atoms with Gasteiger partial charge in [0, 0.05) is 5.56 Å². The van der Waals surface area contributed by atoms with E-state index in [0.29, 0.717) is 5.92 Å². The van der Waals surface area contributed by atoms with Crippen LogP contribution in [0.1, 0.15) is 49.7 Å². The number of hydrogen-bond donors (Lipinski definition) is 0. The average molecular weight is 324 g/mol.